The van der Waals surface area contributed by atoms with Crippen molar-refractivity contribution < 1.29 is 9.59 Å². The maximum atomic E-state index is 12.2. The number of nitrogens with two attached hydrogens (primary N) is 1. The third kappa shape index (κ3) is 4.93. The SMILES string of the molecule is CNc1cc(-c2cccc(NC(=O)CCC(=O)N3CCCC3)c2)nc(N)n1. The van der Waals surface area contributed by atoms with E-state index in [1.54, 1.807) is 19.2 Å². The molecule has 8 heteroatoms. The molecule has 2 amide bonds. The summed E-state index contributed by atoms with van der Waals surface area (Å²) in [4.78, 5) is 34.4. The summed E-state index contributed by atoms with van der Waals surface area (Å²) in [5.74, 6) is 0.657. The van der Waals surface area contributed by atoms with Gasteiger partial charge >= 0.3 is 0 Å². The lowest BCUT2D eigenvalue weighted by Gasteiger charge is -2.14. The minimum Gasteiger partial charge on any atom is -0.373 e. The smallest absolute Gasteiger partial charge is 0.224 e. The summed E-state index contributed by atoms with van der Waals surface area (Å²) in [6.07, 6.45) is 2.50. The van der Waals surface area contributed by atoms with E-state index in [1.807, 2.05) is 23.1 Å². The van der Waals surface area contributed by atoms with E-state index in [0.717, 1.165) is 31.5 Å². The maximum Gasteiger partial charge on any atom is 0.224 e. The Morgan fingerprint density at radius 1 is 1.15 bits per heavy atom. The lowest BCUT2D eigenvalue weighted by atomic mass is 10.1. The van der Waals surface area contributed by atoms with Crippen molar-refractivity contribution in [1.82, 2.24) is 14.9 Å². The van der Waals surface area contributed by atoms with Crippen LogP contribution >= 0.6 is 0 Å². The molecule has 27 heavy (non-hydrogen) atoms. The van der Waals surface area contributed by atoms with Gasteiger partial charge in [-0.15, -0.1) is 0 Å². The van der Waals surface area contributed by atoms with Crippen molar-refractivity contribution in [1.29, 1.82) is 0 Å². The highest BCUT2D eigenvalue weighted by atomic mass is 16.2. The number of aromatic nitrogens is 2. The van der Waals surface area contributed by atoms with Gasteiger partial charge in [-0.25, -0.2) is 4.98 Å². The fraction of sp³-hybridized carbons (Fsp3) is 0.368. The van der Waals surface area contributed by atoms with Crippen molar-refractivity contribution in [3.05, 3.63) is 30.3 Å². The Bertz CT molecular complexity index is 833. The first-order chi connectivity index (χ1) is 13.0. The summed E-state index contributed by atoms with van der Waals surface area (Å²) in [6, 6.07) is 9.12. The number of nitrogens with zero attached hydrogens (tertiary/aromatic N) is 3. The largest absolute Gasteiger partial charge is 0.373 e. The highest BCUT2D eigenvalue weighted by Crippen LogP contribution is 2.23. The molecule has 2 aromatic rings. The molecule has 1 aliphatic rings. The number of nitrogens with one attached hydrogen (secondary N) is 2. The van der Waals surface area contributed by atoms with Crippen molar-refractivity contribution in [3.63, 3.8) is 0 Å². The summed E-state index contributed by atoms with van der Waals surface area (Å²) >= 11 is 0. The first-order valence-electron chi connectivity index (χ1n) is 9.05. The molecule has 1 fully saturated rings. The first-order valence-corrected chi connectivity index (χ1v) is 9.05. The average molecular weight is 368 g/mol. The van der Waals surface area contributed by atoms with Crippen molar-refractivity contribution in [2.24, 2.45) is 0 Å². The summed E-state index contributed by atoms with van der Waals surface area (Å²) in [6.45, 7) is 1.61. The number of carbonyl (C=O) groups is 2. The van der Waals surface area contributed by atoms with Gasteiger partial charge in [0.25, 0.3) is 0 Å². The van der Waals surface area contributed by atoms with Gasteiger partial charge in [-0.2, -0.15) is 4.98 Å². The molecule has 142 valence electrons. The fourth-order valence-electron chi connectivity index (χ4n) is 3.07. The molecule has 3 rings (SSSR count). The third-order valence-electron chi connectivity index (χ3n) is 4.47. The van der Waals surface area contributed by atoms with E-state index in [9.17, 15) is 9.59 Å². The maximum absolute atomic E-state index is 12.2. The minimum atomic E-state index is -0.183. The summed E-state index contributed by atoms with van der Waals surface area (Å²) in [5.41, 5.74) is 7.86. The van der Waals surface area contributed by atoms with Gasteiger partial charge in [0, 0.05) is 50.3 Å². The Kier molecular flexibility index (Phi) is 5.85. The van der Waals surface area contributed by atoms with Gasteiger partial charge in [0.2, 0.25) is 17.8 Å². The quantitative estimate of drug-likeness (QED) is 0.720. The molecule has 4 N–H and O–H groups in total. The molecule has 8 nitrogen and oxygen atoms in total. The summed E-state index contributed by atoms with van der Waals surface area (Å²) < 4.78 is 0. The summed E-state index contributed by atoms with van der Waals surface area (Å²) in [5, 5.41) is 5.78. The van der Waals surface area contributed by atoms with E-state index in [-0.39, 0.29) is 30.6 Å². The van der Waals surface area contributed by atoms with E-state index >= 15 is 0 Å². The molecule has 0 saturated carbocycles. The number of carbonyl (C=O) groups excluding carboxylic acids is 2. The molecule has 0 radical (unpaired) electrons. The Morgan fingerprint density at radius 3 is 2.67 bits per heavy atom. The van der Waals surface area contributed by atoms with Gasteiger partial charge in [-0.3, -0.25) is 9.59 Å². The zero-order valence-corrected chi connectivity index (χ0v) is 15.4. The normalized spacial score (nSPS) is 13.4. The second-order valence-electron chi connectivity index (χ2n) is 6.46. The van der Waals surface area contributed by atoms with E-state index < -0.39 is 0 Å². The lowest BCUT2D eigenvalue weighted by molar-refractivity contribution is -0.131. The average Bonchev–Trinajstić information content (AvgIpc) is 3.20. The molecular formula is C19H24N6O2. The van der Waals surface area contributed by atoms with Gasteiger partial charge in [-0.05, 0) is 25.0 Å². The molecule has 1 aromatic carbocycles. The van der Waals surface area contributed by atoms with Crippen LogP contribution in [0.5, 0.6) is 0 Å². The van der Waals surface area contributed by atoms with Crippen LogP contribution in [0, 0.1) is 0 Å². The van der Waals surface area contributed by atoms with E-state index in [1.165, 1.54) is 0 Å². The van der Waals surface area contributed by atoms with Crippen LogP contribution in [0.3, 0.4) is 0 Å². The second kappa shape index (κ2) is 8.48. The monoisotopic (exact) mass is 368 g/mol. The number of nitrogen functional groups attached to an aromatic ring is 1. The Morgan fingerprint density at radius 2 is 1.93 bits per heavy atom. The fourth-order valence-corrected chi connectivity index (χ4v) is 3.07. The van der Waals surface area contributed by atoms with Crippen molar-refractivity contribution >= 4 is 29.3 Å². The number of rotatable bonds is 6. The second-order valence-corrected chi connectivity index (χ2v) is 6.46. The Balaban J connectivity index is 1.62. The number of hydrogen-bond acceptors (Lipinski definition) is 6. The molecule has 0 unspecified atom stereocenters. The van der Waals surface area contributed by atoms with Crippen LogP contribution < -0.4 is 16.4 Å². The molecule has 0 bridgehead atoms. The van der Waals surface area contributed by atoms with Gasteiger partial charge in [0.05, 0.1) is 5.69 Å². The molecule has 2 heterocycles. The van der Waals surface area contributed by atoms with Crippen molar-refractivity contribution in [2.45, 2.75) is 25.7 Å². The van der Waals surface area contributed by atoms with Crippen LogP contribution in [0.1, 0.15) is 25.7 Å². The summed E-state index contributed by atoms with van der Waals surface area (Å²) in [7, 11) is 1.76. The van der Waals surface area contributed by atoms with Crippen molar-refractivity contribution in [2.75, 3.05) is 36.5 Å². The van der Waals surface area contributed by atoms with E-state index in [4.69, 9.17) is 5.73 Å². The van der Waals surface area contributed by atoms with Crippen LogP contribution in [-0.4, -0.2) is 46.8 Å². The predicted molar refractivity (Wildman–Crippen MR) is 105 cm³/mol. The Labute approximate surface area is 158 Å². The van der Waals surface area contributed by atoms with Crippen LogP contribution in [0.2, 0.25) is 0 Å². The predicted octanol–water partition coefficient (Wildman–Crippen LogP) is 2.11. The number of benzene rings is 1. The third-order valence-corrected chi connectivity index (χ3v) is 4.47. The molecule has 1 saturated heterocycles. The van der Waals surface area contributed by atoms with E-state index in [0.29, 0.717) is 17.2 Å². The topological polar surface area (TPSA) is 113 Å². The van der Waals surface area contributed by atoms with Gasteiger partial charge in [0.1, 0.15) is 5.82 Å². The lowest BCUT2D eigenvalue weighted by Crippen LogP contribution is -2.28. The van der Waals surface area contributed by atoms with E-state index in [2.05, 4.69) is 20.6 Å². The number of amides is 2. The molecular weight excluding hydrogens is 344 g/mol. The molecule has 0 aliphatic carbocycles. The highest BCUT2D eigenvalue weighted by Gasteiger charge is 2.18. The highest BCUT2D eigenvalue weighted by molar-refractivity contribution is 5.93. The molecule has 0 spiro atoms. The number of likely N-dealkylation sites (tertiary alicyclic amines) is 1. The molecule has 1 aliphatic heterocycles. The van der Waals surface area contributed by atoms with Crippen LogP contribution in [-0.2, 0) is 9.59 Å². The van der Waals surface area contributed by atoms with Crippen LogP contribution in [0.4, 0.5) is 17.5 Å². The zero-order valence-electron chi connectivity index (χ0n) is 15.4. The first kappa shape index (κ1) is 18.6. The standard InChI is InChI=1S/C19H24N6O2/c1-21-16-12-15(23-19(20)24-16)13-5-4-6-14(11-13)22-17(26)7-8-18(27)25-9-2-3-10-25/h4-6,11-12H,2-3,7-10H2,1H3,(H,22,26)(H3,20,21,23,24). The number of hydrogen-bond donors (Lipinski definition) is 3. The molecule has 1 aromatic heterocycles. The Hall–Kier alpha value is -3.16. The zero-order chi connectivity index (χ0) is 19.2. The van der Waals surface area contributed by atoms with Gasteiger partial charge in [0.15, 0.2) is 0 Å². The van der Waals surface area contributed by atoms with Crippen molar-refractivity contribution in [3.8, 4) is 11.3 Å². The molecule has 0 atom stereocenters. The van der Waals surface area contributed by atoms with Gasteiger partial charge in [-0.1, -0.05) is 12.1 Å². The van der Waals surface area contributed by atoms with Gasteiger partial charge < -0.3 is 21.3 Å². The van der Waals surface area contributed by atoms with Crippen LogP contribution in [0.15, 0.2) is 30.3 Å². The minimum absolute atomic E-state index is 0.0486. The number of anilines is 3. The van der Waals surface area contributed by atoms with Crippen LogP contribution in [0.25, 0.3) is 11.3 Å².